The summed E-state index contributed by atoms with van der Waals surface area (Å²) < 4.78 is 36.0. The van der Waals surface area contributed by atoms with Gasteiger partial charge < -0.3 is 28.4 Å². The summed E-state index contributed by atoms with van der Waals surface area (Å²) >= 11 is 0. The van der Waals surface area contributed by atoms with E-state index in [1.54, 1.807) is 20.3 Å². The first kappa shape index (κ1) is 27.0. The minimum absolute atomic E-state index is 0.0552. The molecule has 2 aliphatic rings. The lowest BCUT2D eigenvalue weighted by molar-refractivity contribution is 0.0804. The van der Waals surface area contributed by atoms with Crippen molar-refractivity contribution in [3.05, 3.63) is 34.9 Å². The van der Waals surface area contributed by atoms with Crippen LogP contribution in [0.1, 0.15) is 87.2 Å². The fourth-order valence-corrected chi connectivity index (χ4v) is 4.84. The molecule has 4 rings (SSSR count). The Morgan fingerprint density at radius 3 is 2.30 bits per heavy atom. The molecular formula is C30H40O7. The molecule has 0 spiro atoms. The topological polar surface area (TPSA) is 72.5 Å². The van der Waals surface area contributed by atoms with E-state index in [2.05, 4.69) is 27.7 Å². The largest absolute Gasteiger partial charge is 0.496 e. The second-order valence-electron chi connectivity index (χ2n) is 10.3. The van der Waals surface area contributed by atoms with Gasteiger partial charge in [-0.05, 0) is 45.6 Å². The summed E-state index contributed by atoms with van der Waals surface area (Å²) in [5.41, 5.74) is 1.84. The predicted molar refractivity (Wildman–Crippen MR) is 142 cm³/mol. The number of hydrogen-bond donors (Lipinski definition) is 0. The second-order valence-corrected chi connectivity index (χ2v) is 10.3. The summed E-state index contributed by atoms with van der Waals surface area (Å²) in [7, 11) is 3.19. The van der Waals surface area contributed by atoms with E-state index in [1.807, 2.05) is 12.1 Å². The van der Waals surface area contributed by atoms with E-state index in [0.717, 1.165) is 49.8 Å². The number of benzene rings is 2. The van der Waals surface area contributed by atoms with Crippen molar-refractivity contribution >= 4 is 5.78 Å². The number of ether oxygens (including phenoxy) is 6. The van der Waals surface area contributed by atoms with Crippen LogP contribution in [0.5, 0.6) is 34.5 Å². The third-order valence-corrected chi connectivity index (χ3v) is 7.03. The number of carbonyl (C=O) groups excluding carboxylic acids is 1. The molecule has 7 nitrogen and oxygen atoms in total. The monoisotopic (exact) mass is 512 g/mol. The Morgan fingerprint density at radius 1 is 0.919 bits per heavy atom. The van der Waals surface area contributed by atoms with Gasteiger partial charge >= 0.3 is 0 Å². The van der Waals surface area contributed by atoms with Crippen LogP contribution < -0.4 is 28.4 Å². The summed E-state index contributed by atoms with van der Waals surface area (Å²) in [5.74, 6) is 2.93. The highest BCUT2D eigenvalue weighted by atomic mass is 16.5. The normalized spacial score (nSPS) is 17.7. The Labute approximate surface area is 220 Å². The van der Waals surface area contributed by atoms with Crippen molar-refractivity contribution in [2.45, 2.75) is 77.7 Å². The van der Waals surface area contributed by atoms with Gasteiger partial charge in [0.25, 0.3) is 0 Å². The van der Waals surface area contributed by atoms with E-state index < -0.39 is 5.92 Å². The Hall–Kier alpha value is -3.09. The molecule has 1 unspecified atom stereocenters. The molecule has 0 aliphatic carbocycles. The van der Waals surface area contributed by atoms with Gasteiger partial charge in [0.1, 0.15) is 40.8 Å². The molecule has 2 heterocycles. The summed E-state index contributed by atoms with van der Waals surface area (Å²) in [6, 6.07) is 5.49. The van der Waals surface area contributed by atoms with Crippen molar-refractivity contribution in [1.29, 1.82) is 0 Å². The molecule has 0 radical (unpaired) electrons. The maximum Gasteiger partial charge on any atom is 0.181 e. The zero-order chi connectivity index (χ0) is 26.6. The quantitative estimate of drug-likeness (QED) is 0.317. The van der Waals surface area contributed by atoms with Gasteiger partial charge in [0.05, 0.1) is 33.4 Å². The smallest absolute Gasteiger partial charge is 0.181 e. The van der Waals surface area contributed by atoms with Crippen molar-refractivity contribution in [3.8, 4) is 34.5 Å². The zero-order valence-electron chi connectivity index (χ0n) is 23.0. The number of fused-ring (bicyclic) bond motifs is 2. The lowest BCUT2D eigenvalue weighted by Gasteiger charge is -2.36. The van der Waals surface area contributed by atoms with Crippen molar-refractivity contribution in [2.24, 2.45) is 0 Å². The highest BCUT2D eigenvalue weighted by molar-refractivity contribution is 6.07. The molecule has 0 bridgehead atoms. The molecule has 37 heavy (non-hydrogen) atoms. The molecule has 2 aliphatic heterocycles. The minimum atomic E-state index is -0.575. The van der Waals surface area contributed by atoms with E-state index in [0.29, 0.717) is 53.1 Å². The standard InChI is InChI=1S/C30H40O7/c1-7-9-13-34-25-16-22(32-5)20(15-24(25)33-6)21-18-36-26-17-23-19(11-12-30(3,4)37-23)29(27(26)28(21)31)35-14-10-8-2/h15-17,21H,7-14,18H2,1-6H3. The molecule has 0 aromatic heterocycles. The third-order valence-electron chi connectivity index (χ3n) is 7.03. The Morgan fingerprint density at radius 2 is 1.62 bits per heavy atom. The number of hydrogen-bond acceptors (Lipinski definition) is 7. The molecule has 2 aromatic rings. The predicted octanol–water partition coefficient (Wildman–Crippen LogP) is 6.52. The van der Waals surface area contributed by atoms with Gasteiger partial charge in [-0.2, -0.15) is 0 Å². The van der Waals surface area contributed by atoms with Gasteiger partial charge in [0.2, 0.25) is 0 Å². The van der Waals surface area contributed by atoms with Gasteiger partial charge in [-0.3, -0.25) is 4.79 Å². The number of rotatable bonds is 11. The van der Waals surface area contributed by atoms with Crippen molar-refractivity contribution < 1.29 is 33.2 Å². The fourth-order valence-electron chi connectivity index (χ4n) is 4.84. The van der Waals surface area contributed by atoms with Gasteiger partial charge in [0.15, 0.2) is 17.3 Å². The maximum atomic E-state index is 14.1. The SMILES string of the molecule is CCCCOc1cc(OC)c(C2COc3cc4c(c(OCCCC)c3C2=O)CCC(C)(C)O4)cc1OC. The van der Waals surface area contributed by atoms with Gasteiger partial charge in [-0.15, -0.1) is 0 Å². The molecule has 7 heteroatoms. The average Bonchev–Trinajstić information content (AvgIpc) is 2.88. The number of unbranched alkanes of at least 4 members (excludes halogenated alkanes) is 2. The van der Waals surface area contributed by atoms with E-state index in [4.69, 9.17) is 28.4 Å². The summed E-state index contributed by atoms with van der Waals surface area (Å²) in [4.78, 5) is 14.1. The second kappa shape index (κ2) is 11.5. The number of methoxy groups -OCH3 is 2. The van der Waals surface area contributed by atoms with Crippen LogP contribution in [-0.2, 0) is 6.42 Å². The maximum absolute atomic E-state index is 14.1. The molecule has 1 atom stereocenters. The van der Waals surface area contributed by atoms with Crippen LogP contribution in [0.4, 0.5) is 0 Å². The Balaban J connectivity index is 1.75. The Bertz CT molecular complexity index is 1120. The molecule has 202 valence electrons. The van der Waals surface area contributed by atoms with Crippen LogP contribution in [-0.4, -0.2) is 45.4 Å². The van der Waals surface area contributed by atoms with Crippen LogP contribution in [0, 0.1) is 0 Å². The van der Waals surface area contributed by atoms with E-state index in [9.17, 15) is 4.79 Å². The number of carbonyl (C=O) groups is 1. The molecule has 0 fully saturated rings. The van der Waals surface area contributed by atoms with Crippen molar-refractivity contribution in [1.82, 2.24) is 0 Å². The first-order valence-electron chi connectivity index (χ1n) is 13.4. The van der Waals surface area contributed by atoms with E-state index >= 15 is 0 Å². The highest BCUT2D eigenvalue weighted by Gasteiger charge is 2.39. The lowest BCUT2D eigenvalue weighted by atomic mass is 9.85. The van der Waals surface area contributed by atoms with Crippen LogP contribution in [0.15, 0.2) is 18.2 Å². The summed E-state index contributed by atoms with van der Waals surface area (Å²) in [6.45, 7) is 9.66. The van der Waals surface area contributed by atoms with Crippen LogP contribution in [0.25, 0.3) is 0 Å². The molecular weight excluding hydrogens is 472 g/mol. The van der Waals surface area contributed by atoms with Crippen molar-refractivity contribution in [2.75, 3.05) is 34.0 Å². The fraction of sp³-hybridized carbons (Fsp3) is 0.567. The first-order chi connectivity index (χ1) is 17.8. The zero-order valence-corrected chi connectivity index (χ0v) is 23.0. The number of Topliss-reactive ketones (excluding diaryl/α,β-unsaturated/α-hetero) is 1. The van der Waals surface area contributed by atoms with Crippen LogP contribution in [0.3, 0.4) is 0 Å². The highest BCUT2D eigenvalue weighted by Crippen LogP contribution is 2.49. The molecule has 0 N–H and O–H groups in total. The molecule has 0 saturated carbocycles. The van der Waals surface area contributed by atoms with E-state index in [-0.39, 0.29) is 18.0 Å². The Kier molecular flexibility index (Phi) is 8.40. The third kappa shape index (κ3) is 5.60. The van der Waals surface area contributed by atoms with Gasteiger partial charge in [-0.25, -0.2) is 0 Å². The average molecular weight is 513 g/mol. The van der Waals surface area contributed by atoms with Crippen LogP contribution >= 0.6 is 0 Å². The van der Waals surface area contributed by atoms with Gasteiger partial charge in [-0.1, -0.05) is 26.7 Å². The summed E-state index contributed by atoms with van der Waals surface area (Å²) in [6.07, 6.45) is 5.47. The summed E-state index contributed by atoms with van der Waals surface area (Å²) in [5, 5.41) is 0. The van der Waals surface area contributed by atoms with Gasteiger partial charge in [0, 0.05) is 23.3 Å². The van der Waals surface area contributed by atoms with Crippen molar-refractivity contribution in [3.63, 3.8) is 0 Å². The minimum Gasteiger partial charge on any atom is -0.496 e. The number of ketones is 1. The molecule has 2 aromatic carbocycles. The van der Waals surface area contributed by atoms with E-state index in [1.165, 1.54) is 0 Å². The first-order valence-corrected chi connectivity index (χ1v) is 13.4. The molecule has 0 amide bonds. The molecule has 0 saturated heterocycles. The lowest BCUT2D eigenvalue weighted by Crippen LogP contribution is -2.34. The van der Waals surface area contributed by atoms with Crippen LogP contribution in [0.2, 0.25) is 0 Å².